The van der Waals surface area contributed by atoms with E-state index in [1.165, 1.54) is 0 Å². The fraction of sp³-hybridized carbons (Fsp3) is 0.250. The van der Waals surface area contributed by atoms with Crippen LogP contribution >= 0.6 is 27.5 Å². The minimum absolute atomic E-state index is 0.150. The van der Waals surface area contributed by atoms with Gasteiger partial charge in [-0.05, 0) is 22.0 Å². The van der Waals surface area contributed by atoms with Crippen molar-refractivity contribution in [2.45, 2.75) is 12.8 Å². The number of carbonyl (C=O) groups is 1. The monoisotopic (exact) mass is 299 g/mol. The molecule has 0 unspecified atom stereocenters. The second-order valence-corrected chi connectivity index (χ2v) is 3.85. The first-order chi connectivity index (χ1) is 6.91. The van der Waals surface area contributed by atoms with Crippen molar-refractivity contribution in [1.29, 1.82) is 0 Å². The van der Waals surface area contributed by atoms with Crippen LogP contribution in [-0.4, -0.2) is 16.1 Å². The Morgan fingerprint density at radius 3 is 2.73 bits per heavy atom. The van der Waals surface area contributed by atoms with E-state index in [2.05, 4.69) is 20.9 Å². The van der Waals surface area contributed by atoms with Gasteiger partial charge in [0.25, 0.3) is 6.43 Å². The number of halogens is 4. The lowest BCUT2D eigenvalue weighted by molar-refractivity contribution is -0.136. The summed E-state index contributed by atoms with van der Waals surface area (Å²) in [5.41, 5.74) is -0.563. The highest BCUT2D eigenvalue weighted by Crippen LogP contribution is 2.30. The van der Waals surface area contributed by atoms with Crippen molar-refractivity contribution in [1.82, 2.24) is 4.98 Å². The van der Waals surface area contributed by atoms with E-state index < -0.39 is 24.4 Å². The smallest absolute Gasteiger partial charge is 0.307 e. The summed E-state index contributed by atoms with van der Waals surface area (Å²) >= 11 is 8.49. The maximum Gasteiger partial charge on any atom is 0.307 e. The summed E-state index contributed by atoms with van der Waals surface area (Å²) in [6.45, 7) is 0. The van der Waals surface area contributed by atoms with E-state index in [9.17, 15) is 13.6 Å². The molecular formula is C8H5BrClF2NO2. The summed E-state index contributed by atoms with van der Waals surface area (Å²) in [5.74, 6) is -1.23. The molecule has 0 saturated heterocycles. The van der Waals surface area contributed by atoms with Gasteiger partial charge in [0.2, 0.25) is 0 Å². The third-order valence-electron chi connectivity index (χ3n) is 1.64. The second-order valence-electron chi connectivity index (χ2n) is 2.67. The molecule has 1 N–H and O–H groups in total. The molecule has 0 aromatic carbocycles. The zero-order chi connectivity index (χ0) is 11.6. The molecule has 7 heteroatoms. The SMILES string of the molecule is O=C(O)Cc1c(C(F)F)cc(Br)nc1Cl. The molecule has 1 aromatic heterocycles. The predicted molar refractivity (Wildman–Crippen MR) is 53.2 cm³/mol. The summed E-state index contributed by atoms with van der Waals surface area (Å²) in [5, 5.41) is 8.30. The van der Waals surface area contributed by atoms with Gasteiger partial charge in [-0.15, -0.1) is 0 Å². The number of alkyl halides is 2. The van der Waals surface area contributed by atoms with Crippen molar-refractivity contribution >= 4 is 33.5 Å². The van der Waals surface area contributed by atoms with Crippen LogP contribution in [0.5, 0.6) is 0 Å². The van der Waals surface area contributed by atoms with Gasteiger partial charge in [-0.2, -0.15) is 0 Å². The van der Waals surface area contributed by atoms with Crippen LogP contribution in [0.2, 0.25) is 5.15 Å². The zero-order valence-corrected chi connectivity index (χ0v) is 9.52. The Morgan fingerprint density at radius 2 is 2.27 bits per heavy atom. The third kappa shape index (κ3) is 3.10. The maximum atomic E-state index is 12.5. The van der Waals surface area contributed by atoms with Crippen molar-refractivity contribution in [2.24, 2.45) is 0 Å². The van der Waals surface area contributed by atoms with Gasteiger partial charge in [-0.3, -0.25) is 4.79 Å². The zero-order valence-electron chi connectivity index (χ0n) is 7.18. The Hall–Kier alpha value is -0.750. The Labute approximate surface area is 97.2 Å². The second kappa shape index (κ2) is 4.85. The molecule has 0 aliphatic heterocycles. The number of carboxylic acids is 1. The van der Waals surface area contributed by atoms with E-state index in [-0.39, 0.29) is 15.3 Å². The molecule has 1 rings (SSSR count). The largest absolute Gasteiger partial charge is 0.481 e. The number of pyridine rings is 1. The van der Waals surface area contributed by atoms with Gasteiger partial charge in [0, 0.05) is 11.1 Å². The van der Waals surface area contributed by atoms with E-state index >= 15 is 0 Å². The number of hydrogen-bond donors (Lipinski definition) is 1. The Kier molecular flexibility index (Phi) is 3.98. The molecule has 0 aliphatic rings. The molecule has 0 aliphatic carbocycles. The van der Waals surface area contributed by atoms with Crippen LogP contribution in [0.1, 0.15) is 17.6 Å². The lowest BCUT2D eigenvalue weighted by Gasteiger charge is -2.08. The average molecular weight is 300 g/mol. The fourth-order valence-corrected chi connectivity index (χ4v) is 1.84. The normalized spacial score (nSPS) is 10.7. The van der Waals surface area contributed by atoms with Gasteiger partial charge in [0.1, 0.15) is 9.76 Å². The molecule has 0 spiro atoms. The van der Waals surface area contributed by atoms with Crippen LogP contribution < -0.4 is 0 Å². The number of aliphatic carboxylic acids is 1. The highest BCUT2D eigenvalue weighted by molar-refractivity contribution is 9.10. The van der Waals surface area contributed by atoms with Crippen molar-refractivity contribution in [2.75, 3.05) is 0 Å². The predicted octanol–water partition coefficient (Wildman–Crippen LogP) is 3.06. The van der Waals surface area contributed by atoms with Crippen molar-refractivity contribution in [3.8, 4) is 0 Å². The Bertz CT molecular complexity index is 400. The van der Waals surface area contributed by atoms with Gasteiger partial charge in [-0.25, -0.2) is 13.8 Å². The topological polar surface area (TPSA) is 50.2 Å². The summed E-state index contributed by atoms with van der Waals surface area (Å²) in [7, 11) is 0. The quantitative estimate of drug-likeness (QED) is 0.873. The first-order valence-corrected chi connectivity index (χ1v) is 4.93. The third-order valence-corrected chi connectivity index (χ3v) is 2.36. The van der Waals surface area contributed by atoms with Crippen LogP contribution in [0, 0.1) is 0 Å². The van der Waals surface area contributed by atoms with Crippen molar-refractivity contribution in [3.05, 3.63) is 26.9 Å². The molecule has 3 nitrogen and oxygen atoms in total. The summed E-state index contributed by atoms with van der Waals surface area (Å²) in [6.07, 6.45) is -3.35. The van der Waals surface area contributed by atoms with Crippen LogP contribution in [0.4, 0.5) is 8.78 Å². The van der Waals surface area contributed by atoms with Crippen molar-refractivity contribution in [3.63, 3.8) is 0 Å². The summed E-state index contributed by atoms with van der Waals surface area (Å²) < 4.78 is 25.2. The number of nitrogens with zero attached hydrogens (tertiary/aromatic N) is 1. The fourth-order valence-electron chi connectivity index (χ4n) is 1.05. The molecule has 82 valence electrons. The first-order valence-electron chi connectivity index (χ1n) is 3.76. The molecular weight excluding hydrogens is 295 g/mol. The highest BCUT2D eigenvalue weighted by atomic mass is 79.9. The van der Waals surface area contributed by atoms with Gasteiger partial charge in [0.15, 0.2) is 0 Å². The number of aromatic nitrogens is 1. The number of rotatable bonds is 3. The molecule has 1 heterocycles. The van der Waals surface area contributed by atoms with Crippen LogP contribution in [0.15, 0.2) is 10.7 Å². The van der Waals surface area contributed by atoms with E-state index in [1.807, 2.05) is 0 Å². The summed E-state index contributed by atoms with van der Waals surface area (Å²) in [4.78, 5) is 14.1. The van der Waals surface area contributed by atoms with E-state index in [0.29, 0.717) is 0 Å². The van der Waals surface area contributed by atoms with Gasteiger partial charge < -0.3 is 5.11 Å². The highest BCUT2D eigenvalue weighted by Gasteiger charge is 2.19. The molecule has 0 bridgehead atoms. The molecule has 0 amide bonds. The summed E-state index contributed by atoms with van der Waals surface area (Å²) in [6, 6.07) is 1.06. The average Bonchev–Trinajstić information content (AvgIpc) is 2.08. The number of carboxylic acid groups (broad SMARTS) is 1. The molecule has 0 radical (unpaired) electrons. The maximum absolute atomic E-state index is 12.5. The van der Waals surface area contributed by atoms with Crippen LogP contribution in [0.25, 0.3) is 0 Å². The van der Waals surface area contributed by atoms with E-state index in [4.69, 9.17) is 16.7 Å². The molecule has 0 atom stereocenters. The number of hydrogen-bond acceptors (Lipinski definition) is 2. The van der Waals surface area contributed by atoms with E-state index in [1.54, 1.807) is 0 Å². The van der Waals surface area contributed by atoms with Gasteiger partial charge >= 0.3 is 5.97 Å². The Morgan fingerprint density at radius 1 is 1.67 bits per heavy atom. The Balaban J connectivity index is 3.26. The molecule has 15 heavy (non-hydrogen) atoms. The van der Waals surface area contributed by atoms with Crippen LogP contribution in [0.3, 0.4) is 0 Å². The lowest BCUT2D eigenvalue weighted by Crippen LogP contribution is -2.06. The lowest BCUT2D eigenvalue weighted by atomic mass is 10.1. The van der Waals surface area contributed by atoms with E-state index in [0.717, 1.165) is 6.07 Å². The van der Waals surface area contributed by atoms with Crippen molar-refractivity contribution < 1.29 is 18.7 Å². The first kappa shape index (κ1) is 12.3. The molecule has 0 fully saturated rings. The molecule has 1 aromatic rings. The minimum atomic E-state index is -2.78. The standard InChI is InChI=1S/C8H5BrClF2NO2/c9-5-1-4(8(11)12)3(2-6(14)15)7(10)13-5/h1,8H,2H2,(H,14,15). The van der Waals surface area contributed by atoms with Crippen LogP contribution in [-0.2, 0) is 11.2 Å². The molecule has 0 saturated carbocycles. The minimum Gasteiger partial charge on any atom is -0.481 e. The van der Waals surface area contributed by atoms with Gasteiger partial charge in [-0.1, -0.05) is 11.6 Å². The van der Waals surface area contributed by atoms with Gasteiger partial charge in [0.05, 0.1) is 6.42 Å².